The van der Waals surface area contributed by atoms with Crippen molar-refractivity contribution in [2.45, 2.75) is 0 Å². The number of nitriles is 1. The molecule has 0 aromatic heterocycles. The summed E-state index contributed by atoms with van der Waals surface area (Å²) in [6.07, 6.45) is 1.59. The van der Waals surface area contributed by atoms with Crippen molar-refractivity contribution in [1.29, 1.82) is 5.26 Å². The fourth-order valence-corrected chi connectivity index (χ4v) is 1.86. The van der Waals surface area contributed by atoms with Gasteiger partial charge < -0.3 is 10.8 Å². The Labute approximate surface area is 110 Å². The molecule has 0 bridgehead atoms. The molecule has 3 N–H and O–H groups in total. The van der Waals surface area contributed by atoms with Crippen LogP contribution in [0.3, 0.4) is 0 Å². The van der Waals surface area contributed by atoms with E-state index in [2.05, 4.69) is 0 Å². The van der Waals surface area contributed by atoms with Crippen molar-refractivity contribution in [3.63, 3.8) is 0 Å². The largest absolute Gasteiger partial charge is 0.508 e. The van der Waals surface area contributed by atoms with Gasteiger partial charge in [0.1, 0.15) is 16.8 Å². The minimum Gasteiger partial charge on any atom is -0.508 e. The molecule has 0 unspecified atom stereocenters. The Morgan fingerprint density at radius 2 is 2.06 bits per heavy atom. The van der Waals surface area contributed by atoms with Crippen LogP contribution in [0.4, 0.5) is 0 Å². The highest BCUT2D eigenvalue weighted by Crippen LogP contribution is 2.26. The number of phenols is 1. The topological polar surface area (TPSA) is 70.0 Å². The Balaban J connectivity index is 2.72. The number of thiocarbonyl (C=S) groups is 1. The summed E-state index contributed by atoms with van der Waals surface area (Å²) in [5.41, 5.74) is 6.40. The zero-order chi connectivity index (χ0) is 13.1. The SMILES string of the molecule is N#C/C(=C/c1cc(O)cc2ccccc12)C(N)=S. The predicted octanol–water partition coefficient (Wildman–Crippen LogP) is 2.74. The van der Waals surface area contributed by atoms with E-state index in [4.69, 9.17) is 23.2 Å². The Hall–Kier alpha value is -2.38. The summed E-state index contributed by atoms with van der Waals surface area (Å²) in [4.78, 5) is 0.0462. The summed E-state index contributed by atoms with van der Waals surface area (Å²) in [5, 5.41) is 20.4. The predicted molar refractivity (Wildman–Crippen MR) is 76.0 cm³/mol. The second-order valence-corrected chi connectivity index (χ2v) is 4.23. The summed E-state index contributed by atoms with van der Waals surface area (Å²) in [6.45, 7) is 0. The molecule has 18 heavy (non-hydrogen) atoms. The Morgan fingerprint density at radius 3 is 2.72 bits per heavy atom. The number of fused-ring (bicyclic) bond motifs is 1. The number of hydrogen-bond donors (Lipinski definition) is 2. The molecule has 0 radical (unpaired) electrons. The lowest BCUT2D eigenvalue weighted by molar-refractivity contribution is 0.476. The smallest absolute Gasteiger partial charge is 0.116 e. The molecule has 0 atom stereocenters. The van der Waals surface area contributed by atoms with E-state index in [0.29, 0.717) is 0 Å². The van der Waals surface area contributed by atoms with Crippen molar-refractivity contribution in [2.24, 2.45) is 5.73 Å². The van der Waals surface area contributed by atoms with Crippen LogP contribution in [-0.4, -0.2) is 10.1 Å². The molecule has 0 saturated heterocycles. The Morgan fingerprint density at radius 1 is 1.33 bits per heavy atom. The average Bonchev–Trinajstić information content (AvgIpc) is 2.35. The molecule has 88 valence electrons. The van der Waals surface area contributed by atoms with E-state index in [-0.39, 0.29) is 16.3 Å². The van der Waals surface area contributed by atoms with Gasteiger partial charge in [-0.25, -0.2) is 0 Å². The highest BCUT2D eigenvalue weighted by Gasteiger charge is 2.04. The quantitative estimate of drug-likeness (QED) is 0.491. The van der Waals surface area contributed by atoms with E-state index >= 15 is 0 Å². The first-order valence-corrected chi connectivity index (χ1v) is 5.66. The second-order valence-electron chi connectivity index (χ2n) is 3.79. The molecule has 0 aliphatic heterocycles. The van der Waals surface area contributed by atoms with Crippen LogP contribution in [0, 0.1) is 11.3 Å². The number of nitrogens with zero attached hydrogens (tertiary/aromatic N) is 1. The first-order chi connectivity index (χ1) is 8.61. The summed E-state index contributed by atoms with van der Waals surface area (Å²) >= 11 is 4.80. The van der Waals surface area contributed by atoms with Crippen molar-refractivity contribution < 1.29 is 5.11 Å². The van der Waals surface area contributed by atoms with E-state index in [1.807, 2.05) is 30.3 Å². The third kappa shape index (κ3) is 2.31. The number of aromatic hydroxyl groups is 1. The van der Waals surface area contributed by atoms with Gasteiger partial charge in [0.05, 0.1) is 5.57 Å². The van der Waals surface area contributed by atoms with Gasteiger partial charge in [-0.3, -0.25) is 0 Å². The van der Waals surface area contributed by atoms with E-state index < -0.39 is 0 Å². The molecule has 0 amide bonds. The highest BCUT2D eigenvalue weighted by atomic mass is 32.1. The zero-order valence-corrected chi connectivity index (χ0v) is 10.2. The van der Waals surface area contributed by atoms with Crippen LogP contribution in [0.15, 0.2) is 42.0 Å². The number of phenolic OH excluding ortho intramolecular Hbond substituents is 1. The van der Waals surface area contributed by atoms with Gasteiger partial charge in [0, 0.05) is 0 Å². The first-order valence-electron chi connectivity index (χ1n) is 5.25. The monoisotopic (exact) mass is 254 g/mol. The normalized spacial score (nSPS) is 11.2. The molecule has 0 fully saturated rings. The van der Waals surface area contributed by atoms with Crippen LogP contribution in [0.1, 0.15) is 5.56 Å². The molecule has 2 rings (SSSR count). The van der Waals surface area contributed by atoms with E-state index in [0.717, 1.165) is 16.3 Å². The Bertz CT molecular complexity index is 698. The minimum atomic E-state index is 0.0462. The van der Waals surface area contributed by atoms with Gasteiger partial charge >= 0.3 is 0 Å². The molecule has 0 heterocycles. The lowest BCUT2D eigenvalue weighted by Gasteiger charge is -2.04. The van der Waals surface area contributed by atoms with Gasteiger partial charge in [0.2, 0.25) is 0 Å². The third-order valence-corrected chi connectivity index (χ3v) is 2.78. The van der Waals surface area contributed by atoms with Gasteiger partial charge in [-0.15, -0.1) is 0 Å². The molecule has 0 aliphatic carbocycles. The maximum absolute atomic E-state index is 9.66. The minimum absolute atomic E-state index is 0.0462. The van der Waals surface area contributed by atoms with Gasteiger partial charge in [-0.05, 0) is 34.5 Å². The number of rotatable bonds is 2. The molecular weight excluding hydrogens is 244 g/mol. The van der Waals surface area contributed by atoms with Crippen molar-refractivity contribution in [2.75, 3.05) is 0 Å². The van der Waals surface area contributed by atoms with E-state index in [9.17, 15) is 5.11 Å². The molecule has 0 saturated carbocycles. The van der Waals surface area contributed by atoms with Crippen LogP contribution in [0.5, 0.6) is 5.75 Å². The van der Waals surface area contributed by atoms with Crippen molar-refractivity contribution in [3.8, 4) is 11.8 Å². The number of nitrogens with two attached hydrogens (primary N) is 1. The lowest BCUT2D eigenvalue weighted by atomic mass is 10.0. The molecule has 4 heteroatoms. The highest BCUT2D eigenvalue weighted by molar-refractivity contribution is 7.80. The van der Waals surface area contributed by atoms with Gasteiger partial charge in [0.15, 0.2) is 0 Å². The fraction of sp³-hybridized carbons (Fsp3) is 0. The maximum atomic E-state index is 9.66. The maximum Gasteiger partial charge on any atom is 0.116 e. The zero-order valence-electron chi connectivity index (χ0n) is 9.42. The summed E-state index contributed by atoms with van der Waals surface area (Å²) < 4.78 is 0. The summed E-state index contributed by atoms with van der Waals surface area (Å²) in [5.74, 6) is 0.139. The second kappa shape index (κ2) is 4.86. The third-order valence-electron chi connectivity index (χ3n) is 2.56. The van der Waals surface area contributed by atoms with Crippen molar-refractivity contribution in [3.05, 3.63) is 47.5 Å². The number of hydrogen-bond acceptors (Lipinski definition) is 3. The van der Waals surface area contributed by atoms with Gasteiger partial charge in [-0.2, -0.15) is 5.26 Å². The lowest BCUT2D eigenvalue weighted by Crippen LogP contribution is -2.09. The molecule has 0 spiro atoms. The first kappa shape index (κ1) is 12.1. The number of benzene rings is 2. The van der Waals surface area contributed by atoms with Crippen LogP contribution >= 0.6 is 12.2 Å². The van der Waals surface area contributed by atoms with Gasteiger partial charge in [0.25, 0.3) is 0 Å². The van der Waals surface area contributed by atoms with Crippen LogP contribution in [0.25, 0.3) is 16.8 Å². The molecule has 0 aliphatic rings. The van der Waals surface area contributed by atoms with E-state index in [1.165, 1.54) is 0 Å². The van der Waals surface area contributed by atoms with Crippen LogP contribution < -0.4 is 5.73 Å². The van der Waals surface area contributed by atoms with Crippen LogP contribution in [-0.2, 0) is 0 Å². The summed E-state index contributed by atoms with van der Waals surface area (Å²) in [6, 6.07) is 12.8. The van der Waals surface area contributed by atoms with Crippen LogP contribution in [0.2, 0.25) is 0 Å². The summed E-state index contributed by atoms with van der Waals surface area (Å²) in [7, 11) is 0. The fourth-order valence-electron chi connectivity index (χ4n) is 1.76. The average molecular weight is 254 g/mol. The van der Waals surface area contributed by atoms with E-state index in [1.54, 1.807) is 18.2 Å². The molecular formula is C14H10N2OS. The standard InChI is InChI=1S/C14H10N2OS/c15-8-11(14(16)18)5-10-7-12(17)6-9-3-1-2-4-13(9)10/h1-7,17H,(H2,16,18)/b11-5-. The molecule has 3 nitrogen and oxygen atoms in total. The molecule has 2 aromatic carbocycles. The van der Waals surface area contributed by atoms with Crippen molar-refractivity contribution in [1.82, 2.24) is 0 Å². The van der Waals surface area contributed by atoms with Gasteiger partial charge in [-0.1, -0.05) is 36.5 Å². The van der Waals surface area contributed by atoms with Crippen molar-refractivity contribution >= 4 is 34.1 Å². The Kier molecular flexibility index (Phi) is 3.26. The molecule has 2 aromatic rings.